The summed E-state index contributed by atoms with van der Waals surface area (Å²) in [4.78, 5) is 0. The van der Waals surface area contributed by atoms with Crippen LogP contribution in [0.1, 0.15) is 67.7 Å². The van der Waals surface area contributed by atoms with Crippen molar-refractivity contribution >= 4 is 0 Å². The first kappa shape index (κ1) is 15.2. The van der Waals surface area contributed by atoms with Gasteiger partial charge in [-0.25, -0.2) is 0 Å². The maximum Gasteiger partial charge on any atom is 0.0684 e. The van der Waals surface area contributed by atoms with Crippen molar-refractivity contribution in [1.29, 1.82) is 0 Å². The fourth-order valence-electron chi connectivity index (χ4n) is 2.51. The van der Waals surface area contributed by atoms with Crippen molar-refractivity contribution in [3.05, 3.63) is 34.4 Å². The van der Waals surface area contributed by atoms with E-state index in [1.807, 2.05) is 0 Å². The topological polar surface area (TPSA) is 20.2 Å². The highest BCUT2D eigenvalue weighted by molar-refractivity contribution is 5.39. The Bertz CT molecular complexity index is 355. The molecule has 0 saturated carbocycles. The summed E-state index contributed by atoms with van der Waals surface area (Å²) in [5, 5.41) is 9.41. The van der Waals surface area contributed by atoms with Gasteiger partial charge in [-0.15, -0.1) is 0 Å². The molecule has 0 aromatic heterocycles. The highest BCUT2D eigenvalue weighted by Gasteiger charge is 2.07. The second kappa shape index (κ2) is 8.31. The zero-order chi connectivity index (χ0) is 13.4. The molecule has 0 fully saturated rings. The van der Waals surface area contributed by atoms with Crippen LogP contribution in [0.2, 0.25) is 0 Å². The Morgan fingerprint density at radius 2 is 1.61 bits per heavy atom. The third kappa shape index (κ3) is 4.45. The lowest BCUT2D eigenvalue weighted by Crippen LogP contribution is -2.00. The van der Waals surface area contributed by atoms with Crippen LogP contribution in [0.15, 0.2) is 12.1 Å². The first-order chi connectivity index (χ1) is 8.70. The Balaban J connectivity index is 2.48. The minimum absolute atomic E-state index is 0.173. The van der Waals surface area contributed by atoms with E-state index >= 15 is 0 Å². The second-order valence-electron chi connectivity index (χ2n) is 5.32. The molecule has 0 saturated heterocycles. The van der Waals surface area contributed by atoms with E-state index in [0.717, 1.165) is 12.0 Å². The van der Waals surface area contributed by atoms with Crippen molar-refractivity contribution in [2.75, 3.05) is 0 Å². The molecular weight excluding hydrogens is 220 g/mol. The Morgan fingerprint density at radius 3 is 2.28 bits per heavy atom. The van der Waals surface area contributed by atoms with E-state index in [2.05, 4.69) is 32.9 Å². The lowest BCUT2D eigenvalue weighted by molar-refractivity contribution is 0.280. The summed E-state index contributed by atoms with van der Waals surface area (Å²) in [6.45, 7) is 6.76. The highest BCUT2D eigenvalue weighted by Crippen LogP contribution is 2.21. The van der Waals surface area contributed by atoms with Crippen LogP contribution in [0.4, 0.5) is 0 Å². The van der Waals surface area contributed by atoms with E-state index in [1.165, 1.54) is 55.2 Å². The molecule has 1 aromatic rings. The molecule has 1 rings (SSSR count). The summed E-state index contributed by atoms with van der Waals surface area (Å²) < 4.78 is 0. The quantitative estimate of drug-likeness (QED) is 0.661. The van der Waals surface area contributed by atoms with Crippen LogP contribution in [0.25, 0.3) is 0 Å². The molecule has 0 bridgehead atoms. The lowest BCUT2D eigenvalue weighted by atomic mass is 9.93. The molecule has 1 N–H and O–H groups in total. The van der Waals surface area contributed by atoms with Crippen molar-refractivity contribution in [2.24, 2.45) is 0 Å². The van der Waals surface area contributed by atoms with Crippen LogP contribution in [0.3, 0.4) is 0 Å². The number of benzene rings is 1. The SMILES string of the molecule is CCCCCCCCc1c(CO)ccc(C)c1C. The van der Waals surface area contributed by atoms with Gasteiger partial charge in [0, 0.05) is 0 Å². The molecule has 0 atom stereocenters. The molecule has 0 heterocycles. The largest absolute Gasteiger partial charge is 0.392 e. The Hall–Kier alpha value is -0.820. The van der Waals surface area contributed by atoms with Crippen LogP contribution in [0, 0.1) is 13.8 Å². The van der Waals surface area contributed by atoms with Gasteiger partial charge in [0.05, 0.1) is 6.61 Å². The average Bonchev–Trinajstić information content (AvgIpc) is 2.38. The van der Waals surface area contributed by atoms with Gasteiger partial charge in [0.25, 0.3) is 0 Å². The number of rotatable bonds is 8. The zero-order valence-electron chi connectivity index (χ0n) is 12.3. The molecule has 0 spiro atoms. The van der Waals surface area contributed by atoms with Gasteiger partial charge in [-0.05, 0) is 48.9 Å². The van der Waals surface area contributed by atoms with Crippen LogP contribution in [-0.4, -0.2) is 5.11 Å². The molecule has 0 amide bonds. The molecule has 1 heteroatoms. The molecular formula is C17H28O. The molecule has 0 unspecified atom stereocenters. The highest BCUT2D eigenvalue weighted by atomic mass is 16.3. The second-order valence-corrected chi connectivity index (χ2v) is 5.32. The van der Waals surface area contributed by atoms with Crippen molar-refractivity contribution in [2.45, 2.75) is 72.3 Å². The van der Waals surface area contributed by atoms with Gasteiger partial charge in [0.2, 0.25) is 0 Å². The van der Waals surface area contributed by atoms with Crippen molar-refractivity contribution in [3.8, 4) is 0 Å². The maximum absolute atomic E-state index is 9.41. The molecule has 0 aliphatic rings. The van der Waals surface area contributed by atoms with Crippen LogP contribution < -0.4 is 0 Å². The standard InChI is InChI=1S/C17H28O/c1-4-5-6-7-8-9-10-17-15(3)14(2)11-12-16(17)13-18/h11-12,18H,4-10,13H2,1-3H3. The summed E-state index contributed by atoms with van der Waals surface area (Å²) in [7, 11) is 0. The molecule has 0 aliphatic carbocycles. The lowest BCUT2D eigenvalue weighted by Gasteiger charge is -2.13. The van der Waals surface area contributed by atoms with Gasteiger partial charge in [-0.3, -0.25) is 0 Å². The first-order valence-corrected chi connectivity index (χ1v) is 7.39. The van der Waals surface area contributed by atoms with Gasteiger partial charge in [-0.1, -0.05) is 51.2 Å². The Morgan fingerprint density at radius 1 is 0.944 bits per heavy atom. The molecule has 0 radical (unpaired) electrons. The van der Waals surface area contributed by atoms with Gasteiger partial charge < -0.3 is 5.11 Å². The molecule has 102 valence electrons. The minimum Gasteiger partial charge on any atom is -0.392 e. The summed E-state index contributed by atoms with van der Waals surface area (Å²) in [5.74, 6) is 0. The van der Waals surface area contributed by atoms with Crippen molar-refractivity contribution < 1.29 is 5.11 Å². The van der Waals surface area contributed by atoms with Gasteiger partial charge in [-0.2, -0.15) is 0 Å². The van der Waals surface area contributed by atoms with Gasteiger partial charge in [0.1, 0.15) is 0 Å². The van der Waals surface area contributed by atoms with Gasteiger partial charge in [0.15, 0.2) is 0 Å². The predicted molar refractivity (Wildman–Crippen MR) is 78.9 cm³/mol. The van der Waals surface area contributed by atoms with E-state index in [-0.39, 0.29) is 6.61 Å². The minimum atomic E-state index is 0.173. The third-order valence-corrected chi connectivity index (χ3v) is 3.92. The number of hydrogen-bond donors (Lipinski definition) is 1. The van der Waals surface area contributed by atoms with Gasteiger partial charge >= 0.3 is 0 Å². The fourth-order valence-corrected chi connectivity index (χ4v) is 2.51. The van der Waals surface area contributed by atoms with E-state index in [1.54, 1.807) is 0 Å². The zero-order valence-corrected chi connectivity index (χ0v) is 12.3. The molecule has 1 nitrogen and oxygen atoms in total. The van der Waals surface area contributed by atoms with Crippen LogP contribution >= 0.6 is 0 Å². The Labute approximate surface area is 112 Å². The van der Waals surface area contributed by atoms with E-state index in [4.69, 9.17) is 0 Å². The van der Waals surface area contributed by atoms with Crippen molar-refractivity contribution in [1.82, 2.24) is 0 Å². The molecule has 0 aliphatic heterocycles. The number of aryl methyl sites for hydroxylation is 1. The smallest absolute Gasteiger partial charge is 0.0684 e. The average molecular weight is 248 g/mol. The number of aliphatic hydroxyl groups excluding tert-OH is 1. The number of unbranched alkanes of at least 4 members (excludes halogenated alkanes) is 5. The maximum atomic E-state index is 9.41. The Kier molecular flexibility index (Phi) is 7.04. The summed E-state index contributed by atoms with van der Waals surface area (Å²) in [6, 6.07) is 4.19. The first-order valence-electron chi connectivity index (χ1n) is 7.39. The van der Waals surface area contributed by atoms with E-state index in [0.29, 0.717) is 0 Å². The molecule has 18 heavy (non-hydrogen) atoms. The normalized spacial score (nSPS) is 10.9. The summed E-state index contributed by atoms with van der Waals surface area (Å²) >= 11 is 0. The van der Waals surface area contributed by atoms with E-state index in [9.17, 15) is 5.11 Å². The number of hydrogen-bond acceptors (Lipinski definition) is 1. The van der Waals surface area contributed by atoms with Crippen LogP contribution in [-0.2, 0) is 13.0 Å². The summed E-state index contributed by atoms with van der Waals surface area (Å²) in [5.41, 5.74) is 5.21. The monoisotopic (exact) mass is 248 g/mol. The third-order valence-electron chi connectivity index (χ3n) is 3.92. The van der Waals surface area contributed by atoms with E-state index < -0.39 is 0 Å². The van der Waals surface area contributed by atoms with Crippen molar-refractivity contribution in [3.63, 3.8) is 0 Å². The van der Waals surface area contributed by atoms with Crippen LogP contribution in [0.5, 0.6) is 0 Å². The summed E-state index contributed by atoms with van der Waals surface area (Å²) in [6.07, 6.45) is 9.09. The molecule has 1 aromatic carbocycles. The predicted octanol–water partition coefficient (Wildman–Crippen LogP) is 4.70. The number of aliphatic hydroxyl groups is 1. The fraction of sp³-hybridized carbons (Fsp3) is 0.647.